The van der Waals surface area contributed by atoms with Crippen molar-refractivity contribution >= 4 is 33.3 Å². The molecular formula is C9H9BrClNO2. The third-order valence-electron chi connectivity index (χ3n) is 1.71. The van der Waals surface area contributed by atoms with Crippen molar-refractivity contribution in [1.29, 1.82) is 0 Å². The third kappa shape index (κ3) is 2.47. The van der Waals surface area contributed by atoms with Crippen molar-refractivity contribution in [3.05, 3.63) is 27.2 Å². The summed E-state index contributed by atoms with van der Waals surface area (Å²) >= 11 is 8.93. The van der Waals surface area contributed by atoms with Gasteiger partial charge in [-0.25, -0.2) is 0 Å². The molecule has 76 valence electrons. The van der Waals surface area contributed by atoms with E-state index in [9.17, 15) is 9.90 Å². The second kappa shape index (κ2) is 4.77. The van der Waals surface area contributed by atoms with E-state index in [1.165, 1.54) is 12.1 Å². The summed E-state index contributed by atoms with van der Waals surface area (Å²) in [7, 11) is 0. The minimum absolute atomic E-state index is 0.0836. The maximum absolute atomic E-state index is 11.4. The second-order valence-corrected chi connectivity index (χ2v) is 4.01. The number of nitrogens with two attached hydrogens (primary N) is 1. The molecule has 0 atom stereocenters. The van der Waals surface area contributed by atoms with Crippen molar-refractivity contribution in [3.63, 3.8) is 0 Å². The van der Waals surface area contributed by atoms with Crippen molar-refractivity contribution in [2.24, 2.45) is 5.73 Å². The fourth-order valence-corrected chi connectivity index (χ4v) is 1.52. The van der Waals surface area contributed by atoms with Gasteiger partial charge < -0.3 is 10.8 Å². The summed E-state index contributed by atoms with van der Waals surface area (Å²) in [5, 5.41) is 9.85. The van der Waals surface area contributed by atoms with Crippen LogP contribution in [0.3, 0.4) is 0 Å². The zero-order valence-electron chi connectivity index (χ0n) is 7.26. The van der Waals surface area contributed by atoms with Gasteiger partial charge in [-0.3, -0.25) is 4.79 Å². The van der Waals surface area contributed by atoms with Crippen LogP contribution in [0.1, 0.15) is 16.8 Å². The van der Waals surface area contributed by atoms with Gasteiger partial charge in [-0.2, -0.15) is 0 Å². The van der Waals surface area contributed by atoms with E-state index in [0.29, 0.717) is 9.50 Å². The largest absolute Gasteiger partial charge is 0.507 e. The van der Waals surface area contributed by atoms with Crippen LogP contribution >= 0.6 is 27.5 Å². The summed E-state index contributed by atoms with van der Waals surface area (Å²) in [5.74, 6) is -0.292. The first-order valence-corrected chi connectivity index (χ1v) is 5.14. The number of aromatic hydroxyl groups is 1. The summed E-state index contributed by atoms with van der Waals surface area (Å²) < 4.78 is 0.556. The van der Waals surface area contributed by atoms with Gasteiger partial charge in [0.15, 0.2) is 5.78 Å². The Bertz CT molecular complexity index is 368. The van der Waals surface area contributed by atoms with E-state index in [1.54, 1.807) is 0 Å². The predicted molar refractivity (Wildman–Crippen MR) is 58.8 cm³/mol. The highest BCUT2D eigenvalue weighted by molar-refractivity contribution is 9.10. The fourth-order valence-electron chi connectivity index (χ4n) is 1.03. The molecule has 0 aliphatic rings. The molecule has 0 amide bonds. The molecule has 14 heavy (non-hydrogen) atoms. The topological polar surface area (TPSA) is 63.3 Å². The molecule has 5 heteroatoms. The number of carbonyl (C=O) groups excluding carboxylic acids is 1. The second-order valence-electron chi connectivity index (χ2n) is 2.75. The number of ketones is 1. The van der Waals surface area contributed by atoms with Crippen molar-refractivity contribution < 1.29 is 9.90 Å². The zero-order valence-corrected chi connectivity index (χ0v) is 9.60. The smallest absolute Gasteiger partial charge is 0.167 e. The molecule has 0 saturated carbocycles. The first kappa shape index (κ1) is 11.5. The average Bonchev–Trinajstić information content (AvgIpc) is 2.11. The molecule has 0 aromatic heterocycles. The lowest BCUT2D eigenvalue weighted by atomic mass is 10.1. The molecule has 0 fully saturated rings. The van der Waals surface area contributed by atoms with Crippen LogP contribution in [0.25, 0.3) is 0 Å². The number of rotatable bonds is 3. The monoisotopic (exact) mass is 277 g/mol. The minimum Gasteiger partial charge on any atom is -0.507 e. The van der Waals surface area contributed by atoms with E-state index in [-0.39, 0.29) is 30.1 Å². The van der Waals surface area contributed by atoms with Crippen LogP contribution in [0.2, 0.25) is 5.02 Å². The molecule has 0 aliphatic carbocycles. The molecule has 1 rings (SSSR count). The molecule has 1 aromatic carbocycles. The van der Waals surface area contributed by atoms with Crippen LogP contribution in [-0.2, 0) is 0 Å². The summed E-state index contributed by atoms with van der Waals surface area (Å²) in [4.78, 5) is 11.4. The van der Waals surface area contributed by atoms with Crippen molar-refractivity contribution in [2.75, 3.05) is 6.54 Å². The van der Waals surface area contributed by atoms with Gasteiger partial charge in [0.1, 0.15) is 5.75 Å². The molecule has 0 heterocycles. The molecule has 3 N–H and O–H groups in total. The van der Waals surface area contributed by atoms with E-state index < -0.39 is 0 Å². The highest BCUT2D eigenvalue weighted by atomic mass is 79.9. The highest BCUT2D eigenvalue weighted by Crippen LogP contribution is 2.30. The molecule has 0 unspecified atom stereocenters. The Morgan fingerprint density at radius 1 is 1.57 bits per heavy atom. The lowest BCUT2D eigenvalue weighted by Crippen LogP contribution is -2.08. The molecular weight excluding hydrogens is 269 g/mol. The SMILES string of the molecule is NCCC(=O)c1cc(Cl)c(Br)cc1O. The van der Waals surface area contributed by atoms with Crippen molar-refractivity contribution in [1.82, 2.24) is 0 Å². The zero-order chi connectivity index (χ0) is 10.7. The number of Topliss-reactive ketones (excluding diaryl/α,β-unsaturated/α-hetero) is 1. The number of phenols is 1. The van der Waals surface area contributed by atoms with Crippen LogP contribution in [0.4, 0.5) is 0 Å². The summed E-state index contributed by atoms with van der Waals surface area (Å²) in [6.45, 7) is 0.256. The normalized spacial score (nSPS) is 10.2. The van der Waals surface area contributed by atoms with Gasteiger partial charge in [0.2, 0.25) is 0 Å². The Morgan fingerprint density at radius 2 is 2.21 bits per heavy atom. The van der Waals surface area contributed by atoms with E-state index in [0.717, 1.165) is 0 Å². The highest BCUT2D eigenvalue weighted by Gasteiger charge is 2.12. The van der Waals surface area contributed by atoms with Crippen LogP contribution in [-0.4, -0.2) is 17.4 Å². The van der Waals surface area contributed by atoms with Gasteiger partial charge >= 0.3 is 0 Å². The van der Waals surface area contributed by atoms with Gasteiger partial charge in [0.05, 0.1) is 10.6 Å². The Kier molecular flexibility index (Phi) is 3.92. The van der Waals surface area contributed by atoms with Gasteiger partial charge in [0.25, 0.3) is 0 Å². The van der Waals surface area contributed by atoms with Gasteiger partial charge in [-0.05, 0) is 34.6 Å². The average molecular weight is 279 g/mol. The van der Waals surface area contributed by atoms with Crippen LogP contribution in [0.5, 0.6) is 5.75 Å². The maximum Gasteiger partial charge on any atom is 0.167 e. The summed E-state index contributed by atoms with van der Waals surface area (Å²) in [5.41, 5.74) is 5.45. The van der Waals surface area contributed by atoms with Crippen LogP contribution in [0.15, 0.2) is 16.6 Å². The van der Waals surface area contributed by atoms with E-state index in [1.807, 2.05) is 0 Å². The number of hydrogen-bond donors (Lipinski definition) is 2. The van der Waals surface area contributed by atoms with Crippen LogP contribution < -0.4 is 5.73 Å². The molecule has 0 spiro atoms. The van der Waals surface area contributed by atoms with Gasteiger partial charge in [0, 0.05) is 10.9 Å². The maximum atomic E-state index is 11.4. The third-order valence-corrected chi connectivity index (χ3v) is 2.91. The van der Waals surface area contributed by atoms with Gasteiger partial charge in [-0.1, -0.05) is 11.6 Å². The number of hydrogen-bond acceptors (Lipinski definition) is 3. The molecule has 0 bridgehead atoms. The predicted octanol–water partition coefficient (Wildman–Crippen LogP) is 2.34. The Hall–Kier alpha value is -0.580. The van der Waals surface area contributed by atoms with Crippen LogP contribution in [0, 0.1) is 0 Å². The lowest BCUT2D eigenvalue weighted by Gasteiger charge is -2.04. The molecule has 3 nitrogen and oxygen atoms in total. The number of carbonyl (C=O) groups is 1. The number of benzene rings is 1. The molecule has 0 saturated heterocycles. The van der Waals surface area contributed by atoms with E-state index in [4.69, 9.17) is 17.3 Å². The van der Waals surface area contributed by atoms with Crippen molar-refractivity contribution in [2.45, 2.75) is 6.42 Å². The summed E-state index contributed by atoms with van der Waals surface area (Å²) in [6.07, 6.45) is 0.200. The van der Waals surface area contributed by atoms with Gasteiger partial charge in [-0.15, -0.1) is 0 Å². The minimum atomic E-state index is -0.209. The Balaban J connectivity index is 3.09. The fraction of sp³-hybridized carbons (Fsp3) is 0.222. The lowest BCUT2D eigenvalue weighted by molar-refractivity contribution is 0.0983. The molecule has 0 radical (unpaired) electrons. The molecule has 1 aromatic rings. The Labute approximate surface area is 95.0 Å². The standard InChI is InChI=1S/C9H9BrClNO2/c10-6-4-9(14)5(3-7(6)11)8(13)1-2-12/h3-4,14H,1-2,12H2. The quantitative estimate of drug-likeness (QED) is 0.834. The Morgan fingerprint density at radius 3 is 2.79 bits per heavy atom. The summed E-state index contributed by atoms with van der Waals surface area (Å²) in [6, 6.07) is 2.82. The molecule has 0 aliphatic heterocycles. The first-order chi connectivity index (χ1) is 6.56. The first-order valence-electron chi connectivity index (χ1n) is 3.97. The van der Waals surface area contributed by atoms with E-state index >= 15 is 0 Å². The number of halogens is 2. The van der Waals surface area contributed by atoms with Crippen molar-refractivity contribution in [3.8, 4) is 5.75 Å². The van der Waals surface area contributed by atoms with E-state index in [2.05, 4.69) is 15.9 Å². The number of phenolic OH excluding ortho intramolecular Hbond substituents is 1.